The number of ether oxygens (including phenoxy) is 1. The smallest absolute Gasteiger partial charge is 0.410 e. The summed E-state index contributed by atoms with van der Waals surface area (Å²) < 4.78 is 5.50. The van der Waals surface area contributed by atoms with Crippen LogP contribution in [-0.2, 0) is 4.74 Å². The van der Waals surface area contributed by atoms with Gasteiger partial charge in [0.1, 0.15) is 5.60 Å². The van der Waals surface area contributed by atoms with E-state index < -0.39 is 5.60 Å². The van der Waals surface area contributed by atoms with Gasteiger partial charge in [-0.2, -0.15) is 0 Å². The van der Waals surface area contributed by atoms with Crippen molar-refractivity contribution in [2.75, 3.05) is 13.1 Å². The standard InChI is InChI=1S/C20H36N2O2/c1-18(2,3)24-17(23)22-10-14-15(11-22)16(14)21-13-8-19(4,5)12-20(6,7)9-13/h13-16,21H,8-12H2,1-7H3. The summed E-state index contributed by atoms with van der Waals surface area (Å²) in [5.41, 5.74) is 0.443. The van der Waals surface area contributed by atoms with Gasteiger partial charge in [-0.05, 0) is 62.7 Å². The van der Waals surface area contributed by atoms with Gasteiger partial charge < -0.3 is 15.0 Å². The van der Waals surface area contributed by atoms with Crippen molar-refractivity contribution >= 4 is 6.09 Å². The average Bonchev–Trinajstić information content (AvgIpc) is 2.78. The molecule has 0 aromatic heterocycles. The Morgan fingerprint density at radius 1 is 1.04 bits per heavy atom. The van der Waals surface area contributed by atoms with E-state index in [0.717, 1.165) is 13.1 Å². The molecule has 2 atom stereocenters. The van der Waals surface area contributed by atoms with E-state index in [0.29, 0.717) is 34.7 Å². The summed E-state index contributed by atoms with van der Waals surface area (Å²) in [5, 5.41) is 3.94. The Kier molecular flexibility index (Phi) is 4.22. The quantitative estimate of drug-likeness (QED) is 0.827. The van der Waals surface area contributed by atoms with E-state index in [9.17, 15) is 4.79 Å². The topological polar surface area (TPSA) is 41.6 Å². The Labute approximate surface area is 147 Å². The van der Waals surface area contributed by atoms with Crippen molar-refractivity contribution in [2.45, 2.75) is 85.4 Å². The second-order valence-electron chi connectivity index (χ2n) is 11.0. The minimum absolute atomic E-state index is 0.145. The van der Waals surface area contributed by atoms with E-state index in [-0.39, 0.29) is 6.09 Å². The van der Waals surface area contributed by atoms with Crippen LogP contribution in [0.25, 0.3) is 0 Å². The van der Waals surface area contributed by atoms with Crippen molar-refractivity contribution in [3.05, 3.63) is 0 Å². The minimum atomic E-state index is -0.402. The normalized spacial score (nSPS) is 34.8. The third-order valence-electron chi connectivity index (χ3n) is 5.83. The van der Waals surface area contributed by atoms with Gasteiger partial charge in [0, 0.05) is 25.2 Å². The molecule has 0 spiro atoms. The highest BCUT2D eigenvalue weighted by atomic mass is 16.6. The maximum absolute atomic E-state index is 12.2. The second-order valence-corrected chi connectivity index (χ2v) is 11.0. The monoisotopic (exact) mass is 336 g/mol. The van der Waals surface area contributed by atoms with Crippen molar-refractivity contribution in [1.29, 1.82) is 0 Å². The molecule has 0 bridgehead atoms. The van der Waals surface area contributed by atoms with Crippen molar-refractivity contribution in [3.63, 3.8) is 0 Å². The number of carbonyl (C=O) groups excluding carboxylic acids is 1. The first-order valence-corrected chi connectivity index (χ1v) is 9.59. The first-order chi connectivity index (χ1) is 10.9. The Morgan fingerprint density at radius 3 is 2.00 bits per heavy atom. The van der Waals surface area contributed by atoms with Crippen LogP contribution >= 0.6 is 0 Å². The van der Waals surface area contributed by atoms with Crippen LogP contribution in [0.4, 0.5) is 4.79 Å². The molecule has 0 aromatic carbocycles. The summed E-state index contributed by atoms with van der Waals surface area (Å²) in [7, 11) is 0. The summed E-state index contributed by atoms with van der Waals surface area (Å²) in [6.07, 6.45) is 3.69. The minimum Gasteiger partial charge on any atom is -0.444 e. The molecule has 2 unspecified atom stereocenters. The highest BCUT2D eigenvalue weighted by molar-refractivity contribution is 5.69. The molecule has 1 aliphatic heterocycles. The lowest BCUT2D eigenvalue weighted by Gasteiger charge is -2.45. The highest BCUT2D eigenvalue weighted by Crippen LogP contribution is 2.49. The zero-order valence-corrected chi connectivity index (χ0v) is 16.6. The molecule has 0 aromatic rings. The van der Waals surface area contributed by atoms with Gasteiger partial charge in [0.2, 0.25) is 0 Å². The number of nitrogens with zero attached hydrogens (tertiary/aromatic N) is 1. The van der Waals surface area contributed by atoms with Crippen LogP contribution in [-0.4, -0.2) is 41.8 Å². The average molecular weight is 337 g/mol. The first kappa shape index (κ1) is 18.0. The lowest BCUT2D eigenvalue weighted by Crippen LogP contribution is -2.47. The fourth-order valence-electron chi connectivity index (χ4n) is 5.49. The molecule has 3 rings (SSSR count). The molecule has 0 radical (unpaired) electrons. The summed E-state index contributed by atoms with van der Waals surface area (Å²) >= 11 is 0. The molecule has 3 fully saturated rings. The molecular formula is C20H36N2O2. The molecule has 1 saturated heterocycles. The number of fused-ring (bicyclic) bond motifs is 1. The predicted octanol–water partition coefficient (Wildman–Crippen LogP) is 4.05. The summed E-state index contributed by atoms with van der Waals surface area (Å²) in [6.45, 7) is 17.1. The molecule has 2 saturated carbocycles. The molecule has 3 aliphatic rings. The molecule has 1 heterocycles. The van der Waals surface area contributed by atoms with Gasteiger partial charge in [0.15, 0.2) is 0 Å². The van der Waals surface area contributed by atoms with E-state index in [1.807, 2.05) is 25.7 Å². The maximum Gasteiger partial charge on any atom is 0.410 e. The summed E-state index contributed by atoms with van der Waals surface area (Å²) in [4.78, 5) is 14.1. The Morgan fingerprint density at radius 2 is 1.54 bits per heavy atom. The molecule has 1 N–H and O–H groups in total. The van der Waals surface area contributed by atoms with Crippen LogP contribution in [0.5, 0.6) is 0 Å². The van der Waals surface area contributed by atoms with E-state index in [4.69, 9.17) is 4.74 Å². The maximum atomic E-state index is 12.2. The molecular weight excluding hydrogens is 300 g/mol. The number of carbonyl (C=O) groups is 1. The van der Waals surface area contributed by atoms with Gasteiger partial charge in [-0.3, -0.25) is 0 Å². The lowest BCUT2D eigenvalue weighted by atomic mass is 9.63. The van der Waals surface area contributed by atoms with E-state index >= 15 is 0 Å². The van der Waals surface area contributed by atoms with Crippen LogP contribution in [0.2, 0.25) is 0 Å². The highest BCUT2D eigenvalue weighted by Gasteiger charge is 2.58. The van der Waals surface area contributed by atoms with Gasteiger partial charge in [0.25, 0.3) is 0 Å². The second kappa shape index (κ2) is 5.62. The summed E-state index contributed by atoms with van der Waals surface area (Å²) in [5.74, 6) is 1.26. The van der Waals surface area contributed by atoms with Crippen molar-refractivity contribution < 1.29 is 9.53 Å². The Balaban J connectivity index is 1.49. The number of hydrogen-bond acceptors (Lipinski definition) is 3. The first-order valence-electron chi connectivity index (χ1n) is 9.59. The Hall–Kier alpha value is -0.770. The number of piperidine rings is 1. The van der Waals surface area contributed by atoms with Crippen LogP contribution in [0, 0.1) is 22.7 Å². The van der Waals surface area contributed by atoms with Crippen LogP contribution in [0.15, 0.2) is 0 Å². The zero-order valence-electron chi connectivity index (χ0n) is 16.6. The predicted molar refractivity (Wildman–Crippen MR) is 96.9 cm³/mol. The van der Waals surface area contributed by atoms with Gasteiger partial charge in [-0.25, -0.2) is 4.79 Å². The lowest BCUT2D eigenvalue weighted by molar-refractivity contribution is 0.0265. The summed E-state index contributed by atoms with van der Waals surface area (Å²) in [6, 6.07) is 1.23. The molecule has 4 heteroatoms. The van der Waals surface area contributed by atoms with Crippen LogP contribution < -0.4 is 5.32 Å². The molecule has 4 nitrogen and oxygen atoms in total. The van der Waals surface area contributed by atoms with Gasteiger partial charge in [-0.1, -0.05) is 27.7 Å². The van der Waals surface area contributed by atoms with Gasteiger partial charge in [0.05, 0.1) is 0 Å². The van der Waals surface area contributed by atoms with Crippen LogP contribution in [0.1, 0.15) is 67.7 Å². The number of likely N-dealkylation sites (tertiary alicyclic amines) is 1. The fourth-order valence-corrected chi connectivity index (χ4v) is 5.49. The Bertz CT molecular complexity index is 478. The third-order valence-corrected chi connectivity index (χ3v) is 5.83. The molecule has 2 aliphatic carbocycles. The van der Waals surface area contributed by atoms with E-state index in [1.54, 1.807) is 0 Å². The number of rotatable bonds is 2. The van der Waals surface area contributed by atoms with Crippen molar-refractivity contribution in [1.82, 2.24) is 10.2 Å². The fraction of sp³-hybridized carbons (Fsp3) is 0.950. The third kappa shape index (κ3) is 4.07. The largest absolute Gasteiger partial charge is 0.444 e. The van der Waals surface area contributed by atoms with Gasteiger partial charge in [-0.15, -0.1) is 0 Å². The molecule has 1 amide bonds. The van der Waals surface area contributed by atoms with Crippen molar-refractivity contribution in [3.8, 4) is 0 Å². The molecule has 24 heavy (non-hydrogen) atoms. The van der Waals surface area contributed by atoms with E-state index in [1.165, 1.54) is 19.3 Å². The van der Waals surface area contributed by atoms with E-state index in [2.05, 4.69) is 33.0 Å². The van der Waals surface area contributed by atoms with Gasteiger partial charge >= 0.3 is 6.09 Å². The number of amides is 1. The number of hydrogen-bond donors (Lipinski definition) is 1. The SMILES string of the molecule is CC1(C)CC(NC2C3CN(C(=O)OC(C)(C)C)CC32)CC(C)(C)C1. The number of nitrogens with one attached hydrogen (secondary N) is 1. The molecule has 138 valence electrons. The van der Waals surface area contributed by atoms with Crippen molar-refractivity contribution in [2.24, 2.45) is 22.7 Å². The van der Waals surface area contributed by atoms with Crippen LogP contribution in [0.3, 0.4) is 0 Å². The zero-order chi connectivity index (χ0) is 17.9.